The number of benzene rings is 4. The van der Waals surface area contributed by atoms with Gasteiger partial charge in [-0.15, -0.1) is 11.3 Å². The van der Waals surface area contributed by atoms with Gasteiger partial charge in [0.25, 0.3) is 0 Å². The fraction of sp³-hybridized carbons (Fsp3) is 0. The molecule has 0 bridgehead atoms. The van der Waals surface area contributed by atoms with Crippen LogP contribution in [0.25, 0.3) is 41.7 Å². The molecule has 0 aliphatic rings. The Labute approximate surface area is 130 Å². The molecule has 0 nitrogen and oxygen atoms in total. The lowest BCUT2D eigenvalue weighted by Gasteiger charge is -2.05. The Balaban J connectivity index is 2.02. The van der Waals surface area contributed by atoms with Crippen LogP contribution in [0.4, 0.5) is 4.39 Å². The van der Waals surface area contributed by atoms with Crippen molar-refractivity contribution in [3.63, 3.8) is 0 Å². The molecule has 1 aromatic heterocycles. The molecule has 0 amide bonds. The first kappa shape index (κ1) is 12.1. The van der Waals surface area contributed by atoms with Crippen LogP contribution in [0.3, 0.4) is 0 Å². The van der Waals surface area contributed by atoms with Gasteiger partial charge in [-0.25, -0.2) is 4.39 Å². The van der Waals surface area contributed by atoms with E-state index in [0.29, 0.717) is 0 Å². The molecular weight excluding hydrogens is 291 g/mol. The summed E-state index contributed by atoms with van der Waals surface area (Å²) in [5, 5.41) is 7.11. The minimum absolute atomic E-state index is 0.185. The minimum atomic E-state index is -0.185. The zero-order valence-corrected chi connectivity index (χ0v) is 12.5. The number of halogens is 1. The van der Waals surface area contributed by atoms with Gasteiger partial charge >= 0.3 is 0 Å². The summed E-state index contributed by atoms with van der Waals surface area (Å²) in [5.74, 6) is -0.185. The Bertz CT molecular complexity index is 1180. The monoisotopic (exact) mass is 302 g/mol. The molecular formula is C20H11FS. The maximum atomic E-state index is 13.4. The van der Waals surface area contributed by atoms with Gasteiger partial charge in [-0.2, -0.15) is 0 Å². The smallest absolute Gasteiger partial charge is 0.123 e. The summed E-state index contributed by atoms with van der Waals surface area (Å²) in [5.41, 5.74) is 0. The molecule has 2 heteroatoms. The van der Waals surface area contributed by atoms with Crippen molar-refractivity contribution in [2.45, 2.75) is 0 Å². The van der Waals surface area contributed by atoms with Crippen molar-refractivity contribution >= 4 is 53.1 Å². The Morgan fingerprint density at radius 1 is 0.636 bits per heavy atom. The Morgan fingerprint density at radius 3 is 2.32 bits per heavy atom. The highest BCUT2D eigenvalue weighted by Crippen LogP contribution is 2.40. The molecule has 0 radical (unpaired) electrons. The third kappa shape index (κ3) is 1.56. The lowest BCUT2D eigenvalue weighted by molar-refractivity contribution is 0.630. The highest BCUT2D eigenvalue weighted by atomic mass is 32.1. The number of thiophene rings is 1. The molecule has 5 aromatic rings. The molecule has 0 saturated carbocycles. The molecule has 104 valence electrons. The Kier molecular flexibility index (Phi) is 2.36. The Morgan fingerprint density at radius 2 is 1.36 bits per heavy atom. The van der Waals surface area contributed by atoms with Gasteiger partial charge < -0.3 is 0 Å². The van der Waals surface area contributed by atoms with E-state index >= 15 is 0 Å². The molecule has 1 heterocycles. The summed E-state index contributed by atoms with van der Waals surface area (Å²) in [6.45, 7) is 0. The summed E-state index contributed by atoms with van der Waals surface area (Å²) < 4.78 is 16.1. The van der Waals surface area contributed by atoms with Gasteiger partial charge in [0.1, 0.15) is 5.82 Å². The van der Waals surface area contributed by atoms with Gasteiger partial charge in [-0.05, 0) is 34.4 Å². The van der Waals surface area contributed by atoms with Gasteiger partial charge in [-0.1, -0.05) is 48.5 Å². The second-order valence-corrected chi connectivity index (χ2v) is 6.62. The van der Waals surface area contributed by atoms with E-state index in [1.54, 1.807) is 6.07 Å². The molecule has 5 rings (SSSR count). The van der Waals surface area contributed by atoms with Crippen LogP contribution in [0, 0.1) is 5.82 Å². The predicted molar refractivity (Wildman–Crippen MR) is 94.3 cm³/mol. The SMILES string of the molecule is Fc1ccc2c(ccc3c2ccc2c4ccccc4sc23)c1. The third-order valence-electron chi connectivity index (χ3n) is 4.32. The van der Waals surface area contributed by atoms with Crippen LogP contribution in [-0.2, 0) is 0 Å². The minimum Gasteiger partial charge on any atom is -0.207 e. The van der Waals surface area contributed by atoms with Crippen LogP contribution in [0.5, 0.6) is 0 Å². The molecule has 4 aromatic carbocycles. The number of fused-ring (bicyclic) bond motifs is 7. The van der Waals surface area contributed by atoms with Crippen molar-refractivity contribution in [1.82, 2.24) is 0 Å². The normalized spacial score (nSPS) is 11.9. The summed E-state index contributed by atoms with van der Waals surface area (Å²) in [6, 6.07) is 22.0. The van der Waals surface area contributed by atoms with Crippen LogP contribution in [-0.4, -0.2) is 0 Å². The van der Waals surface area contributed by atoms with Gasteiger partial charge in [0.2, 0.25) is 0 Å². The first-order valence-electron chi connectivity index (χ1n) is 7.23. The average molecular weight is 302 g/mol. The van der Waals surface area contributed by atoms with E-state index in [0.717, 1.165) is 10.8 Å². The first-order valence-corrected chi connectivity index (χ1v) is 8.05. The van der Waals surface area contributed by atoms with Crippen LogP contribution >= 0.6 is 11.3 Å². The molecule has 0 saturated heterocycles. The molecule has 0 fully saturated rings. The van der Waals surface area contributed by atoms with E-state index < -0.39 is 0 Å². The summed E-state index contributed by atoms with van der Waals surface area (Å²) in [4.78, 5) is 0. The van der Waals surface area contributed by atoms with Gasteiger partial charge in [-0.3, -0.25) is 0 Å². The third-order valence-corrected chi connectivity index (χ3v) is 5.54. The average Bonchev–Trinajstić information content (AvgIpc) is 2.93. The highest BCUT2D eigenvalue weighted by Gasteiger charge is 2.09. The molecule has 0 aliphatic carbocycles. The van der Waals surface area contributed by atoms with Crippen molar-refractivity contribution in [3.05, 3.63) is 72.5 Å². The van der Waals surface area contributed by atoms with Crippen molar-refractivity contribution in [1.29, 1.82) is 0 Å². The van der Waals surface area contributed by atoms with Crippen LogP contribution in [0.1, 0.15) is 0 Å². The lowest BCUT2D eigenvalue weighted by atomic mass is 10.00. The summed E-state index contributed by atoms with van der Waals surface area (Å²) >= 11 is 1.83. The molecule has 0 aliphatic heterocycles. The van der Waals surface area contributed by atoms with Gasteiger partial charge in [0.05, 0.1) is 0 Å². The molecule has 0 N–H and O–H groups in total. The predicted octanol–water partition coefficient (Wildman–Crippen LogP) is 6.50. The molecule has 0 unspecified atom stereocenters. The number of hydrogen-bond donors (Lipinski definition) is 0. The van der Waals surface area contributed by atoms with Crippen molar-refractivity contribution in [3.8, 4) is 0 Å². The fourth-order valence-electron chi connectivity index (χ4n) is 3.30. The number of rotatable bonds is 0. The second-order valence-electron chi connectivity index (χ2n) is 5.57. The standard InChI is InChI=1S/C20H11FS/c21-13-6-8-14-12(11-13)5-7-17-15(14)9-10-18-16-3-1-2-4-19(16)22-20(17)18/h1-11H. The molecule has 22 heavy (non-hydrogen) atoms. The van der Waals surface area contributed by atoms with Crippen molar-refractivity contribution in [2.24, 2.45) is 0 Å². The van der Waals surface area contributed by atoms with E-state index in [1.165, 1.54) is 37.0 Å². The first-order chi connectivity index (χ1) is 10.8. The van der Waals surface area contributed by atoms with Crippen LogP contribution in [0.15, 0.2) is 66.7 Å². The maximum absolute atomic E-state index is 13.4. The largest absolute Gasteiger partial charge is 0.207 e. The molecule has 0 spiro atoms. The van der Waals surface area contributed by atoms with Gasteiger partial charge in [0.15, 0.2) is 0 Å². The zero-order chi connectivity index (χ0) is 14.7. The van der Waals surface area contributed by atoms with E-state index in [9.17, 15) is 4.39 Å². The van der Waals surface area contributed by atoms with E-state index in [-0.39, 0.29) is 5.82 Å². The number of hydrogen-bond acceptors (Lipinski definition) is 1. The van der Waals surface area contributed by atoms with Crippen molar-refractivity contribution < 1.29 is 4.39 Å². The zero-order valence-electron chi connectivity index (χ0n) is 11.6. The summed E-state index contributed by atoms with van der Waals surface area (Å²) in [6.07, 6.45) is 0. The van der Waals surface area contributed by atoms with E-state index in [2.05, 4.69) is 42.5 Å². The highest BCUT2D eigenvalue weighted by molar-refractivity contribution is 7.26. The van der Waals surface area contributed by atoms with Crippen LogP contribution < -0.4 is 0 Å². The quantitative estimate of drug-likeness (QED) is 0.286. The topological polar surface area (TPSA) is 0 Å². The lowest BCUT2D eigenvalue weighted by Crippen LogP contribution is -1.80. The summed E-state index contributed by atoms with van der Waals surface area (Å²) in [7, 11) is 0. The molecule has 0 atom stereocenters. The second kappa shape index (κ2) is 4.28. The van der Waals surface area contributed by atoms with Gasteiger partial charge in [0, 0.05) is 25.6 Å². The van der Waals surface area contributed by atoms with E-state index in [1.807, 2.05) is 23.5 Å². The van der Waals surface area contributed by atoms with Crippen molar-refractivity contribution in [2.75, 3.05) is 0 Å². The van der Waals surface area contributed by atoms with E-state index in [4.69, 9.17) is 0 Å². The van der Waals surface area contributed by atoms with Crippen LogP contribution in [0.2, 0.25) is 0 Å². The maximum Gasteiger partial charge on any atom is 0.123 e. The Hall–Kier alpha value is -2.45. The fourth-order valence-corrected chi connectivity index (χ4v) is 4.53.